The van der Waals surface area contributed by atoms with E-state index < -0.39 is 29.0 Å². The second kappa shape index (κ2) is 5.60. The van der Waals surface area contributed by atoms with Gasteiger partial charge in [0.15, 0.2) is 23.3 Å². The van der Waals surface area contributed by atoms with Gasteiger partial charge in [0.25, 0.3) is 0 Å². The van der Waals surface area contributed by atoms with Gasteiger partial charge in [0.05, 0.1) is 0 Å². The topological polar surface area (TPSA) is 15.3 Å². The molecule has 0 radical (unpaired) electrons. The van der Waals surface area contributed by atoms with Crippen molar-refractivity contribution in [3.8, 4) is 0 Å². The summed E-state index contributed by atoms with van der Waals surface area (Å²) in [4.78, 5) is 1.40. The van der Waals surface area contributed by atoms with Gasteiger partial charge >= 0.3 is 0 Å². The molecule has 20 heavy (non-hydrogen) atoms. The molecule has 2 atom stereocenters. The second-order valence-electron chi connectivity index (χ2n) is 5.58. The average molecular weight is 290 g/mol. The summed E-state index contributed by atoms with van der Waals surface area (Å²) in [6.07, 6.45) is 0. The maximum Gasteiger partial charge on any atom is 0.185 e. The van der Waals surface area contributed by atoms with Gasteiger partial charge in [-0.15, -0.1) is 0 Å². The minimum Gasteiger partial charge on any atom is -0.361 e. The molecule has 2 unspecified atom stereocenters. The van der Waals surface area contributed by atoms with Crippen molar-refractivity contribution in [1.29, 1.82) is 0 Å². The van der Waals surface area contributed by atoms with Gasteiger partial charge in [0.1, 0.15) is 5.69 Å². The van der Waals surface area contributed by atoms with Crippen LogP contribution >= 0.6 is 0 Å². The Morgan fingerprint density at radius 2 is 1.70 bits per heavy atom. The highest BCUT2D eigenvalue weighted by atomic mass is 19.2. The average Bonchev–Trinajstić information content (AvgIpc) is 2.38. The van der Waals surface area contributed by atoms with Crippen LogP contribution in [-0.2, 0) is 0 Å². The first-order chi connectivity index (χ1) is 9.32. The maximum absolute atomic E-state index is 13.9. The van der Waals surface area contributed by atoms with Crippen molar-refractivity contribution in [2.75, 3.05) is 18.0 Å². The first-order valence-electron chi connectivity index (χ1n) is 6.66. The van der Waals surface area contributed by atoms with Gasteiger partial charge in [-0.1, -0.05) is 13.8 Å². The van der Waals surface area contributed by atoms with Gasteiger partial charge < -0.3 is 10.2 Å². The summed E-state index contributed by atoms with van der Waals surface area (Å²) in [5.41, 5.74) is -0.609. The Balaban J connectivity index is 2.43. The van der Waals surface area contributed by atoms with E-state index in [0.29, 0.717) is 13.1 Å². The minimum atomic E-state index is -1.37. The first-order valence-corrected chi connectivity index (χ1v) is 6.66. The van der Waals surface area contributed by atoms with Crippen LogP contribution in [0.3, 0.4) is 0 Å². The Bertz CT molecular complexity index is 478. The number of halogens is 4. The fourth-order valence-electron chi connectivity index (χ4n) is 2.46. The lowest BCUT2D eigenvalue weighted by atomic mass is 9.99. The van der Waals surface area contributed by atoms with E-state index in [0.717, 1.165) is 0 Å². The molecular weight excluding hydrogens is 272 g/mol. The molecule has 0 spiro atoms. The van der Waals surface area contributed by atoms with Crippen molar-refractivity contribution < 1.29 is 17.6 Å². The number of piperazine rings is 1. The maximum atomic E-state index is 13.9. The Labute approximate surface area is 115 Å². The van der Waals surface area contributed by atoms with Gasteiger partial charge in [-0.2, -0.15) is 0 Å². The van der Waals surface area contributed by atoms with Crippen LogP contribution < -0.4 is 10.2 Å². The highest BCUT2D eigenvalue weighted by Gasteiger charge is 2.32. The summed E-state index contributed by atoms with van der Waals surface area (Å²) in [7, 11) is 0. The number of rotatable bonds is 2. The van der Waals surface area contributed by atoms with Crippen molar-refractivity contribution >= 4 is 5.69 Å². The molecule has 2 rings (SSSR count). The van der Waals surface area contributed by atoms with Crippen LogP contribution in [0.2, 0.25) is 0 Å². The van der Waals surface area contributed by atoms with Crippen molar-refractivity contribution in [1.82, 2.24) is 5.32 Å². The van der Waals surface area contributed by atoms with Gasteiger partial charge in [0.2, 0.25) is 0 Å². The Kier molecular flexibility index (Phi) is 4.22. The van der Waals surface area contributed by atoms with E-state index in [9.17, 15) is 17.6 Å². The fraction of sp³-hybridized carbons (Fsp3) is 0.571. The van der Waals surface area contributed by atoms with Crippen molar-refractivity contribution in [3.05, 3.63) is 29.3 Å². The van der Waals surface area contributed by atoms with Crippen molar-refractivity contribution in [3.63, 3.8) is 0 Å². The molecule has 1 aliphatic rings. The van der Waals surface area contributed by atoms with Crippen LogP contribution in [0.5, 0.6) is 0 Å². The summed E-state index contributed by atoms with van der Waals surface area (Å²) < 4.78 is 54.4. The summed E-state index contributed by atoms with van der Waals surface area (Å²) >= 11 is 0. The number of nitrogens with one attached hydrogen (secondary N) is 1. The van der Waals surface area contributed by atoms with E-state index in [1.165, 1.54) is 4.90 Å². The van der Waals surface area contributed by atoms with E-state index in [4.69, 9.17) is 0 Å². The third-order valence-corrected chi connectivity index (χ3v) is 3.78. The van der Waals surface area contributed by atoms with E-state index in [1.807, 2.05) is 13.8 Å². The quantitative estimate of drug-likeness (QED) is 0.665. The van der Waals surface area contributed by atoms with Gasteiger partial charge in [-0.05, 0) is 12.8 Å². The zero-order valence-electron chi connectivity index (χ0n) is 11.7. The lowest BCUT2D eigenvalue weighted by Crippen LogP contribution is -2.57. The minimum absolute atomic E-state index is 0.0105. The summed E-state index contributed by atoms with van der Waals surface area (Å²) in [6, 6.07) is -0.00689. The molecule has 1 fully saturated rings. The summed E-state index contributed by atoms with van der Waals surface area (Å²) in [5.74, 6) is -5.16. The lowest BCUT2D eigenvalue weighted by Gasteiger charge is -2.42. The molecule has 2 nitrogen and oxygen atoms in total. The molecule has 1 aliphatic heterocycles. The van der Waals surface area contributed by atoms with Crippen molar-refractivity contribution in [2.24, 2.45) is 5.92 Å². The van der Waals surface area contributed by atoms with E-state index in [-0.39, 0.29) is 24.1 Å². The molecular formula is C14H18F4N2. The SMILES string of the molecule is CC(C)C1CN(c2c(F)c(F)cc(F)c2F)C(C)CN1. The monoisotopic (exact) mass is 290 g/mol. The van der Waals surface area contributed by atoms with E-state index in [2.05, 4.69) is 5.32 Å². The van der Waals surface area contributed by atoms with E-state index >= 15 is 0 Å². The smallest absolute Gasteiger partial charge is 0.185 e. The molecule has 1 heterocycles. The summed E-state index contributed by atoms with van der Waals surface area (Å²) in [5, 5.41) is 3.26. The molecule has 0 aliphatic carbocycles. The Morgan fingerprint density at radius 3 is 2.20 bits per heavy atom. The molecule has 0 aromatic heterocycles. The lowest BCUT2D eigenvalue weighted by molar-refractivity contribution is 0.329. The molecule has 1 N–H and O–H groups in total. The molecule has 1 aromatic rings. The predicted octanol–water partition coefficient (Wildman–Crippen LogP) is 3.07. The Morgan fingerprint density at radius 1 is 1.15 bits per heavy atom. The molecule has 0 bridgehead atoms. The van der Waals surface area contributed by atoms with Gasteiger partial charge in [-0.25, -0.2) is 17.6 Å². The molecule has 112 valence electrons. The van der Waals surface area contributed by atoms with Gasteiger partial charge in [-0.3, -0.25) is 0 Å². The molecule has 0 saturated carbocycles. The van der Waals surface area contributed by atoms with Gasteiger partial charge in [0, 0.05) is 31.2 Å². The second-order valence-corrected chi connectivity index (χ2v) is 5.58. The normalized spacial score (nSPS) is 23.5. The van der Waals surface area contributed by atoms with Crippen LogP contribution in [0, 0.1) is 29.2 Å². The predicted molar refractivity (Wildman–Crippen MR) is 69.7 cm³/mol. The van der Waals surface area contributed by atoms with Crippen LogP contribution in [0.4, 0.5) is 23.2 Å². The molecule has 6 heteroatoms. The van der Waals surface area contributed by atoms with Crippen molar-refractivity contribution in [2.45, 2.75) is 32.9 Å². The van der Waals surface area contributed by atoms with Crippen LogP contribution in [0.1, 0.15) is 20.8 Å². The summed E-state index contributed by atoms with van der Waals surface area (Å²) in [6.45, 7) is 6.51. The fourth-order valence-corrected chi connectivity index (χ4v) is 2.46. The molecule has 1 aromatic carbocycles. The van der Waals surface area contributed by atoms with Crippen LogP contribution in [0.25, 0.3) is 0 Å². The third-order valence-electron chi connectivity index (χ3n) is 3.78. The number of anilines is 1. The largest absolute Gasteiger partial charge is 0.361 e. The van der Waals surface area contributed by atoms with Crippen LogP contribution in [0.15, 0.2) is 6.07 Å². The first kappa shape index (κ1) is 15.1. The third kappa shape index (κ3) is 2.61. The molecule has 1 saturated heterocycles. The number of nitrogens with zero attached hydrogens (tertiary/aromatic N) is 1. The number of benzene rings is 1. The highest BCUT2D eigenvalue weighted by Crippen LogP contribution is 2.31. The standard InChI is InChI=1S/C14H18F4N2/c1-7(2)11-6-20(8(3)5-19-11)14-12(17)9(15)4-10(16)13(14)18/h4,7-8,11,19H,5-6H2,1-3H3. The number of hydrogen-bond donors (Lipinski definition) is 1. The van der Waals surface area contributed by atoms with Crippen LogP contribution in [-0.4, -0.2) is 25.2 Å². The van der Waals surface area contributed by atoms with E-state index in [1.54, 1.807) is 6.92 Å². The molecule has 0 amide bonds. The highest BCUT2D eigenvalue weighted by molar-refractivity contribution is 5.51. The number of hydrogen-bond acceptors (Lipinski definition) is 2. The zero-order valence-corrected chi connectivity index (χ0v) is 11.7. The Hall–Kier alpha value is -1.30. The zero-order chi connectivity index (χ0) is 15.0.